The van der Waals surface area contributed by atoms with Crippen molar-refractivity contribution in [2.45, 2.75) is 18.1 Å². The van der Waals surface area contributed by atoms with E-state index in [1.54, 1.807) is 12.1 Å². The molecule has 1 aromatic carbocycles. The predicted molar refractivity (Wildman–Crippen MR) is 102 cm³/mol. The van der Waals surface area contributed by atoms with Gasteiger partial charge in [0.25, 0.3) is 11.8 Å². The van der Waals surface area contributed by atoms with Crippen molar-refractivity contribution < 1.29 is 34.1 Å². The van der Waals surface area contributed by atoms with E-state index in [-0.39, 0.29) is 12.2 Å². The number of aliphatic hydroxyl groups excluding tert-OH is 1. The van der Waals surface area contributed by atoms with E-state index in [0.29, 0.717) is 12.0 Å². The highest BCUT2D eigenvalue weighted by molar-refractivity contribution is 8.25. The minimum Gasteiger partial charge on any atom is -0.395 e. The standard InChI is InChI=1S/C18H20N2O7S/c21-10-4-2-1-3-5-13-6-8-14(9-7-13)16(22)19-15(17(23)20-25)18(24)11-28(26,27)12-18/h6-9,15,21,24-27H,4,10-12H2,(H,19,22)(H,20,23). The van der Waals surface area contributed by atoms with Gasteiger partial charge in [0.1, 0.15) is 11.6 Å². The average molecular weight is 408 g/mol. The molecule has 9 nitrogen and oxygen atoms in total. The summed E-state index contributed by atoms with van der Waals surface area (Å²) in [4.78, 5) is 24.2. The van der Waals surface area contributed by atoms with Gasteiger partial charge in [-0.25, -0.2) is 5.48 Å². The minimum atomic E-state index is -3.00. The molecule has 1 unspecified atom stereocenters. The first kappa shape index (κ1) is 21.7. The van der Waals surface area contributed by atoms with Crippen molar-refractivity contribution in [1.82, 2.24) is 10.8 Å². The smallest absolute Gasteiger partial charge is 0.269 e. The fourth-order valence-corrected chi connectivity index (χ4v) is 4.47. The van der Waals surface area contributed by atoms with Crippen LogP contribution in [0.15, 0.2) is 24.3 Å². The number of hydrogen-bond acceptors (Lipinski definition) is 7. The van der Waals surface area contributed by atoms with Crippen molar-refractivity contribution >= 4 is 22.4 Å². The molecule has 1 heterocycles. The Morgan fingerprint density at radius 3 is 2.36 bits per heavy atom. The van der Waals surface area contributed by atoms with Crippen LogP contribution in [-0.4, -0.2) is 66.1 Å². The summed E-state index contributed by atoms with van der Waals surface area (Å²) in [5, 5.41) is 30.1. The van der Waals surface area contributed by atoms with Gasteiger partial charge in [-0.05, 0) is 36.1 Å². The van der Waals surface area contributed by atoms with Gasteiger partial charge in [-0.1, -0.05) is 11.8 Å². The number of amides is 2. The van der Waals surface area contributed by atoms with Gasteiger partial charge < -0.3 is 15.5 Å². The fraction of sp³-hybridized carbons (Fsp3) is 0.333. The zero-order valence-electron chi connectivity index (χ0n) is 14.7. The molecular weight excluding hydrogens is 388 g/mol. The van der Waals surface area contributed by atoms with Crippen molar-refractivity contribution in [3.8, 4) is 23.7 Å². The van der Waals surface area contributed by atoms with Crippen molar-refractivity contribution in [2.75, 3.05) is 18.1 Å². The van der Waals surface area contributed by atoms with E-state index in [1.165, 1.54) is 17.6 Å². The van der Waals surface area contributed by atoms with Crippen molar-refractivity contribution in [3.05, 3.63) is 35.4 Å². The molecule has 1 saturated heterocycles. The highest BCUT2D eigenvalue weighted by atomic mass is 32.3. The van der Waals surface area contributed by atoms with Crippen LogP contribution in [0.3, 0.4) is 0 Å². The number of aliphatic hydroxyl groups is 2. The van der Waals surface area contributed by atoms with Gasteiger partial charge in [-0.15, -0.1) is 0 Å². The predicted octanol–water partition coefficient (Wildman–Crippen LogP) is -0.477. The van der Waals surface area contributed by atoms with Crippen LogP contribution in [-0.2, 0) is 4.79 Å². The Morgan fingerprint density at radius 1 is 1.18 bits per heavy atom. The average Bonchev–Trinajstić information content (AvgIpc) is 2.64. The number of hydroxylamine groups is 1. The van der Waals surface area contributed by atoms with Crippen molar-refractivity contribution in [2.24, 2.45) is 0 Å². The van der Waals surface area contributed by atoms with Crippen LogP contribution < -0.4 is 10.8 Å². The van der Waals surface area contributed by atoms with Crippen molar-refractivity contribution in [3.63, 3.8) is 0 Å². The van der Waals surface area contributed by atoms with E-state index >= 15 is 0 Å². The van der Waals surface area contributed by atoms with Crippen LogP contribution in [0.4, 0.5) is 0 Å². The molecule has 2 amide bonds. The number of carbonyl (C=O) groups excluding carboxylic acids is 2. The largest absolute Gasteiger partial charge is 0.395 e. The second kappa shape index (κ2) is 9.08. The van der Waals surface area contributed by atoms with Gasteiger partial charge in [0.05, 0.1) is 18.1 Å². The maximum absolute atomic E-state index is 12.4. The van der Waals surface area contributed by atoms with E-state index < -0.39 is 45.6 Å². The van der Waals surface area contributed by atoms with Crippen LogP contribution in [0, 0.1) is 23.7 Å². The van der Waals surface area contributed by atoms with Gasteiger partial charge >= 0.3 is 0 Å². The van der Waals surface area contributed by atoms with Gasteiger partial charge in [0, 0.05) is 17.5 Å². The topological polar surface area (TPSA) is 159 Å². The Bertz CT molecular complexity index is 854. The first-order valence-corrected chi connectivity index (χ1v) is 10.00. The third kappa shape index (κ3) is 5.47. The summed E-state index contributed by atoms with van der Waals surface area (Å²) < 4.78 is 19.0. The Morgan fingerprint density at radius 2 is 1.82 bits per heavy atom. The normalized spacial score (nSPS) is 18.0. The van der Waals surface area contributed by atoms with Crippen molar-refractivity contribution in [1.29, 1.82) is 0 Å². The molecule has 1 aromatic rings. The molecule has 1 fully saturated rings. The molecule has 10 heteroatoms. The second-order valence-electron chi connectivity index (χ2n) is 6.18. The SMILES string of the molecule is O=C(NC(C(=O)NO)C1(O)CS(O)(O)C1)c1ccc(C#CC#CCCO)cc1. The lowest BCUT2D eigenvalue weighted by molar-refractivity contribution is -0.137. The summed E-state index contributed by atoms with van der Waals surface area (Å²) in [6, 6.07) is 4.46. The molecule has 0 aromatic heterocycles. The fourth-order valence-electron chi connectivity index (χ4n) is 2.62. The molecule has 0 radical (unpaired) electrons. The molecule has 1 atom stereocenters. The number of benzene rings is 1. The second-order valence-corrected chi connectivity index (χ2v) is 8.36. The highest BCUT2D eigenvalue weighted by Gasteiger charge is 2.55. The van der Waals surface area contributed by atoms with Crippen LogP contribution >= 0.6 is 10.6 Å². The number of rotatable bonds is 5. The Balaban J connectivity index is 2.08. The number of hydrogen-bond donors (Lipinski definition) is 7. The lowest BCUT2D eigenvalue weighted by Crippen LogP contribution is -2.69. The quantitative estimate of drug-likeness (QED) is 0.197. The van der Waals surface area contributed by atoms with Gasteiger partial charge in [-0.2, -0.15) is 10.6 Å². The van der Waals surface area contributed by atoms with E-state index in [1.807, 2.05) is 0 Å². The molecule has 0 bridgehead atoms. The van der Waals surface area contributed by atoms with Crippen LogP contribution in [0.5, 0.6) is 0 Å². The molecule has 0 spiro atoms. The molecular formula is C18H20N2O7S. The van der Waals surface area contributed by atoms with Gasteiger partial charge in [0.2, 0.25) is 0 Å². The first-order valence-electron chi connectivity index (χ1n) is 8.11. The maximum atomic E-state index is 12.4. The molecule has 2 rings (SSSR count). The monoisotopic (exact) mass is 408 g/mol. The lowest BCUT2D eigenvalue weighted by Gasteiger charge is -2.54. The summed E-state index contributed by atoms with van der Waals surface area (Å²) in [6.45, 7) is -0.0399. The Kier molecular flexibility index (Phi) is 7.05. The summed E-state index contributed by atoms with van der Waals surface area (Å²) in [5.74, 6) is 7.84. The van der Waals surface area contributed by atoms with E-state index in [4.69, 9.17) is 10.3 Å². The number of nitrogens with one attached hydrogen (secondary N) is 2. The molecule has 28 heavy (non-hydrogen) atoms. The third-order valence-corrected chi connectivity index (χ3v) is 5.81. The summed E-state index contributed by atoms with van der Waals surface area (Å²) in [7, 11) is -3.00. The van der Waals surface area contributed by atoms with Gasteiger partial charge in [-0.3, -0.25) is 23.9 Å². The molecule has 1 aliphatic rings. The Labute approximate surface area is 163 Å². The minimum absolute atomic E-state index is 0.0399. The molecule has 0 aliphatic carbocycles. The summed E-state index contributed by atoms with van der Waals surface area (Å²) in [5.41, 5.74) is 0.238. The van der Waals surface area contributed by atoms with Crippen LogP contribution in [0.25, 0.3) is 0 Å². The first-order chi connectivity index (χ1) is 13.2. The zero-order chi connectivity index (χ0) is 20.8. The lowest BCUT2D eigenvalue weighted by atomic mass is 9.96. The van der Waals surface area contributed by atoms with E-state index in [9.17, 15) is 23.8 Å². The zero-order valence-corrected chi connectivity index (χ0v) is 15.5. The van der Waals surface area contributed by atoms with E-state index in [0.717, 1.165) is 0 Å². The number of carbonyl (C=O) groups is 2. The van der Waals surface area contributed by atoms with Crippen LogP contribution in [0.1, 0.15) is 22.3 Å². The molecule has 1 aliphatic heterocycles. The third-order valence-electron chi connectivity index (χ3n) is 3.89. The molecule has 0 saturated carbocycles. The maximum Gasteiger partial charge on any atom is 0.269 e. The highest BCUT2D eigenvalue weighted by Crippen LogP contribution is 2.55. The van der Waals surface area contributed by atoms with Gasteiger partial charge in [0.15, 0.2) is 0 Å². The Hall–Kier alpha value is -2.57. The molecule has 150 valence electrons. The van der Waals surface area contributed by atoms with E-state index in [2.05, 4.69) is 29.0 Å². The summed E-state index contributed by atoms with van der Waals surface area (Å²) in [6.07, 6.45) is 0.331. The molecule has 7 N–H and O–H groups in total. The summed E-state index contributed by atoms with van der Waals surface area (Å²) >= 11 is 0. The van der Waals surface area contributed by atoms with Crippen LogP contribution in [0.2, 0.25) is 0 Å².